The molecular formula is C22H27NO2. The summed E-state index contributed by atoms with van der Waals surface area (Å²) in [6, 6.07) is 17.5. The standard InChI is InChI=1S/C22H27NO2/c1-3-17-9-11-18(12-10-17)21(19-7-4-6-16(2)14-19)23-13-5-8-20(15-23)22(24)25/h4,6-7,9-12,14,20-21H,3,5,8,13,15H2,1-2H3,(H,24,25). The predicted molar refractivity (Wildman–Crippen MR) is 101 cm³/mol. The third-order valence-electron chi connectivity index (χ3n) is 5.23. The van der Waals surface area contributed by atoms with Crippen LogP contribution in [0.3, 0.4) is 0 Å². The topological polar surface area (TPSA) is 40.5 Å². The van der Waals surface area contributed by atoms with Crippen molar-refractivity contribution in [3.8, 4) is 0 Å². The second-order valence-corrected chi connectivity index (χ2v) is 7.08. The zero-order chi connectivity index (χ0) is 17.8. The average Bonchev–Trinajstić information content (AvgIpc) is 2.63. The summed E-state index contributed by atoms with van der Waals surface area (Å²) in [4.78, 5) is 13.9. The van der Waals surface area contributed by atoms with Crippen LogP contribution in [0.25, 0.3) is 0 Å². The van der Waals surface area contributed by atoms with E-state index in [2.05, 4.69) is 67.3 Å². The molecule has 0 radical (unpaired) electrons. The minimum absolute atomic E-state index is 0.118. The molecule has 3 rings (SSSR count). The molecule has 3 heteroatoms. The Morgan fingerprint density at radius 1 is 1.20 bits per heavy atom. The largest absolute Gasteiger partial charge is 0.481 e. The fraction of sp³-hybridized carbons (Fsp3) is 0.409. The Morgan fingerprint density at radius 2 is 1.96 bits per heavy atom. The number of piperidine rings is 1. The Hall–Kier alpha value is -2.13. The number of hydrogen-bond donors (Lipinski definition) is 1. The van der Waals surface area contributed by atoms with Gasteiger partial charge in [0.05, 0.1) is 12.0 Å². The summed E-state index contributed by atoms with van der Waals surface area (Å²) in [6.07, 6.45) is 2.74. The van der Waals surface area contributed by atoms with Crippen LogP contribution in [-0.4, -0.2) is 29.1 Å². The second kappa shape index (κ2) is 7.83. The maximum absolute atomic E-state index is 11.5. The van der Waals surface area contributed by atoms with Crippen LogP contribution in [-0.2, 0) is 11.2 Å². The van der Waals surface area contributed by atoms with Crippen LogP contribution < -0.4 is 0 Å². The Balaban J connectivity index is 1.97. The molecule has 1 N–H and O–H groups in total. The maximum atomic E-state index is 11.5. The SMILES string of the molecule is CCc1ccc(C(c2cccc(C)c2)N2CCCC(C(=O)O)C2)cc1. The average molecular weight is 337 g/mol. The van der Waals surface area contributed by atoms with E-state index in [0.717, 1.165) is 25.8 Å². The van der Waals surface area contributed by atoms with E-state index < -0.39 is 5.97 Å². The highest BCUT2D eigenvalue weighted by molar-refractivity contribution is 5.70. The van der Waals surface area contributed by atoms with Crippen LogP contribution in [0, 0.1) is 12.8 Å². The van der Waals surface area contributed by atoms with E-state index >= 15 is 0 Å². The molecule has 1 aliphatic rings. The molecule has 1 saturated heterocycles. The lowest BCUT2D eigenvalue weighted by atomic mass is 9.90. The summed E-state index contributed by atoms with van der Waals surface area (Å²) in [6.45, 7) is 5.83. The lowest BCUT2D eigenvalue weighted by Gasteiger charge is -2.37. The fourth-order valence-corrected chi connectivity index (χ4v) is 3.83. The number of carboxylic acids is 1. The number of aliphatic carboxylic acids is 1. The third-order valence-corrected chi connectivity index (χ3v) is 5.23. The lowest BCUT2D eigenvalue weighted by Crippen LogP contribution is -2.41. The number of carboxylic acid groups (broad SMARTS) is 1. The molecule has 3 nitrogen and oxygen atoms in total. The molecular weight excluding hydrogens is 310 g/mol. The molecule has 25 heavy (non-hydrogen) atoms. The van der Waals surface area contributed by atoms with Crippen LogP contribution >= 0.6 is 0 Å². The first-order valence-electron chi connectivity index (χ1n) is 9.20. The minimum Gasteiger partial charge on any atom is -0.481 e. The van der Waals surface area contributed by atoms with Crippen molar-refractivity contribution in [1.29, 1.82) is 0 Å². The zero-order valence-electron chi connectivity index (χ0n) is 15.1. The molecule has 0 spiro atoms. The molecule has 132 valence electrons. The zero-order valence-corrected chi connectivity index (χ0v) is 15.1. The Labute approximate surface area is 150 Å². The normalized spacial score (nSPS) is 19.5. The van der Waals surface area contributed by atoms with Gasteiger partial charge in [-0.3, -0.25) is 9.69 Å². The van der Waals surface area contributed by atoms with Gasteiger partial charge in [-0.1, -0.05) is 61.0 Å². The Morgan fingerprint density at radius 3 is 2.60 bits per heavy atom. The van der Waals surface area contributed by atoms with Gasteiger partial charge in [-0.15, -0.1) is 0 Å². The molecule has 1 heterocycles. The number of aryl methyl sites for hydroxylation is 2. The van der Waals surface area contributed by atoms with Crippen LogP contribution in [0.15, 0.2) is 48.5 Å². The highest BCUT2D eigenvalue weighted by Crippen LogP contribution is 2.33. The third kappa shape index (κ3) is 4.10. The van der Waals surface area contributed by atoms with E-state index in [-0.39, 0.29) is 12.0 Å². The summed E-state index contributed by atoms with van der Waals surface area (Å²) in [5.74, 6) is -0.940. The van der Waals surface area contributed by atoms with Crippen molar-refractivity contribution in [2.24, 2.45) is 5.92 Å². The highest BCUT2D eigenvalue weighted by Gasteiger charge is 2.31. The Kier molecular flexibility index (Phi) is 5.54. The minimum atomic E-state index is -0.672. The molecule has 1 fully saturated rings. The first kappa shape index (κ1) is 17.7. The van der Waals surface area contributed by atoms with Gasteiger partial charge in [-0.2, -0.15) is 0 Å². The lowest BCUT2D eigenvalue weighted by molar-refractivity contribution is -0.143. The van der Waals surface area contributed by atoms with Crippen molar-refractivity contribution in [2.75, 3.05) is 13.1 Å². The van der Waals surface area contributed by atoms with E-state index in [0.29, 0.717) is 6.54 Å². The summed E-state index contributed by atoms with van der Waals surface area (Å²) in [5.41, 5.74) is 5.05. The van der Waals surface area contributed by atoms with E-state index in [9.17, 15) is 9.90 Å². The quantitative estimate of drug-likeness (QED) is 0.876. The van der Waals surface area contributed by atoms with E-state index in [1.165, 1.54) is 22.3 Å². The van der Waals surface area contributed by atoms with Crippen molar-refractivity contribution in [2.45, 2.75) is 39.2 Å². The van der Waals surface area contributed by atoms with Crippen LogP contribution in [0.2, 0.25) is 0 Å². The van der Waals surface area contributed by atoms with Gasteiger partial charge in [-0.05, 0) is 49.4 Å². The van der Waals surface area contributed by atoms with Crippen LogP contribution in [0.4, 0.5) is 0 Å². The van der Waals surface area contributed by atoms with Gasteiger partial charge < -0.3 is 5.11 Å². The van der Waals surface area contributed by atoms with Gasteiger partial charge in [0, 0.05) is 6.54 Å². The number of carbonyl (C=O) groups is 1. The molecule has 0 amide bonds. The molecule has 0 bridgehead atoms. The first-order valence-corrected chi connectivity index (χ1v) is 9.20. The molecule has 2 aromatic rings. The fourth-order valence-electron chi connectivity index (χ4n) is 3.83. The number of hydrogen-bond acceptors (Lipinski definition) is 2. The van der Waals surface area contributed by atoms with Gasteiger partial charge in [0.2, 0.25) is 0 Å². The summed E-state index contributed by atoms with van der Waals surface area (Å²) >= 11 is 0. The molecule has 2 aromatic carbocycles. The van der Waals surface area contributed by atoms with E-state index in [4.69, 9.17) is 0 Å². The van der Waals surface area contributed by atoms with Crippen molar-refractivity contribution in [3.63, 3.8) is 0 Å². The summed E-state index contributed by atoms with van der Waals surface area (Å²) < 4.78 is 0. The smallest absolute Gasteiger partial charge is 0.307 e. The number of likely N-dealkylation sites (tertiary alicyclic amines) is 1. The molecule has 0 saturated carbocycles. The number of benzene rings is 2. The van der Waals surface area contributed by atoms with Crippen molar-refractivity contribution in [3.05, 3.63) is 70.8 Å². The number of rotatable bonds is 5. The van der Waals surface area contributed by atoms with Gasteiger partial charge in [0.1, 0.15) is 0 Å². The predicted octanol–water partition coefficient (Wildman–Crippen LogP) is 4.44. The summed E-state index contributed by atoms with van der Waals surface area (Å²) in [7, 11) is 0. The molecule has 0 aromatic heterocycles. The molecule has 1 aliphatic heterocycles. The van der Waals surface area contributed by atoms with Gasteiger partial charge in [0.15, 0.2) is 0 Å². The highest BCUT2D eigenvalue weighted by atomic mass is 16.4. The first-order chi connectivity index (χ1) is 12.1. The van der Waals surface area contributed by atoms with Crippen molar-refractivity contribution >= 4 is 5.97 Å². The second-order valence-electron chi connectivity index (χ2n) is 7.08. The van der Waals surface area contributed by atoms with Crippen LogP contribution in [0.5, 0.6) is 0 Å². The van der Waals surface area contributed by atoms with Crippen molar-refractivity contribution in [1.82, 2.24) is 4.90 Å². The van der Waals surface area contributed by atoms with Gasteiger partial charge >= 0.3 is 5.97 Å². The Bertz CT molecular complexity index is 723. The molecule has 2 unspecified atom stereocenters. The van der Waals surface area contributed by atoms with Gasteiger partial charge in [0.25, 0.3) is 0 Å². The van der Waals surface area contributed by atoms with E-state index in [1.54, 1.807) is 0 Å². The molecule has 2 atom stereocenters. The van der Waals surface area contributed by atoms with E-state index in [1.807, 2.05) is 0 Å². The summed E-state index contributed by atoms with van der Waals surface area (Å²) in [5, 5.41) is 9.46. The monoisotopic (exact) mass is 337 g/mol. The molecule has 0 aliphatic carbocycles. The van der Waals surface area contributed by atoms with Crippen molar-refractivity contribution < 1.29 is 9.90 Å². The van der Waals surface area contributed by atoms with Gasteiger partial charge in [-0.25, -0.2) is 0 Å². The van der Waals surface area contributed by atoms with Crippen LogP contribution in [0.1, 0.15) is 48.1 Å². The number of nitrogens with zero attached hydrogens (tertiary/aromatic N) is 1. The maximum Gasteiger partial charge on any atom is 0.307 e.